The molecule has 3 unspecified atom stereocenters. The molecule has 1 aromatic heterocycles. The third kappa shape index (κ3) is 4.84. The Morgan fingerprint density at radius 1 is 1.24 bits per heavy atom. The summed E-state index contributed by atoms with van der Waals surface area (Å²) >= 11 is 1.48. The molecule has 1 aliphatic carbocycles. The Morgan fingerprint density at radius 3 is 2.67 bits per heavy atom. The van der Waals surface area contributed by atoms with Crippen molar-refractivity contribution in [2.24, 2.45) is 11.8 Å². The molecule has 33 heavy (non-hydrogen) atoms. The van der Waals surface area contributed by atoms with E-state index in [9.17, 15) is 9.59 Å². The van der Waals surface area contributed by atoms with Crippen molar-refractivity contribution in [3.63, 3.8) is 0 Å². The smallest absolute Gasteiger partial charge is 0.261 e. The lowest BCUT2D eigenvalue weighted by molar-refractivity contribution is -0.109. The monoisotopic (exact) mass is 480 g/mol. The summed E-state index contributed by atoms with van der Waals surface area (Å²) in [4.78, 5) is 24.9. The summed E-state index contributed by atoms with van der Waals surface area (Å²) in [7, 11) is -0.732. The lowest BCUT2D eigenvalue weighted by atomic mass is 10.1. The van der Waals surface area contributed by atoms with Crippen LogP contribution in [-0.2, 0) is 4.79 Å². The van der Waals surface area contributed by atoms with E-state index in [1.165, 1.54) is 16.9 Å². The molecule has 2 aromatic carbocycles. The van der Waals surface area contributed by atoms with E-state index < -0.39 is 14.3 Å². The van der Waals surface area contributed by atoms with E-state index in [1.807, 2.05) is 36.4 Å². The van der Waals surface area contributed by atoms with Crippen molar-refractivity contribution >= 4 is 41.9 Å². The molecule has 1 saturated heterocycles. The number of benzene rings is 2. The SMILES string of the molecule is CC(C)N1C(c2ccc3sc(C(=O)N[C@H](C=O)C[C@H]4C[C@H]4C)cc3c2)P1Oc1ccccc1. The number of fused-ring (bicyclic) bond motifs is 1. The van der Waals surface area contributed by atoms with Crippen LogP contribution in [-0.4, -0.2) is 28.9 Å². The molecule has 5 nitrogen and oxygen atoms in total. The van der Waals surface area contributed by atoms with Crippen LogP contribution < -0.4 is 9.84 Å². The molecular formula is C26H29N2O3PS. The Kier molecular flexibility index (Phi) is 6.26. The highest BCUT2D eigenvalue weighted by Gasteiger charge is 2.54. The summed E-state index contributed by atoms with van der Waals surface area (Å²) in [5.41, 5.74) is 1.22. The maximum Gasteiger partial charge on any atom is 0.261 e. The van der Waals surface area contributed by atoms with E-state index in [0.29, 0.717) is 22.8 Å². The van der Waals surface area contributed by atoms with Gasteiger partial charge in [-0.05, 0) is 79.8 Å². The highest BCUT2D eigenvalue weighted by Crippen LogP contribution is 2.75. The van der Waals surface area contributed by atoms with Gasteiger partial charge in [0.1, 0.15) is 17.8 Å². The predicted molar refractivity (Wildman–Crippen MR) is 135 cm³/mol. The average molecular weight is 481 g/mol. The Bertz CT molecular complexity index is 1160. The van der Waals surface area contributed by atoms with E-state index >= 15 is 0 Å². The van der Waals surface area contributed by atoms with Gasteiger partial charge in [0.25, 0.3) is 5.91 Å². The quantitative estimate of drug-likeness (QED) is 0.220. The van der Waals surface area contributed by atoms with E-state index in [4.69, 9.17) is 4.52 Å². The molecule has 2 heterocycles. The van der Waals surface area contributed by atoms with Gasteiger partial charge < -0.3 is 14.6 Å². The third-order valence-corrected chi connectivity index (χ3v) is 9.87. The zero-order valence-electron chi connectivity index (χ0n) is 19.1. The first-order valence-corrected chi connectivity index (χ1v) is 13.6. The van der Waals surface area contributed by atoms with E-state index in [0.717, 1.165) is 35.0 Å². The normalized spacial score (nSPS) is 26.7. The van der Waals surface area contributed by atoms with Crippen molar-refractivity contribution in [1.82, 2.24) is 9.99 Å². The standard InChI is InChI=1S/C26H29N2O3PS/c1-16(2)28-26(32(28)31-22-7-5-4-6-8-22)18-9-10-23-20(12-18)14-24(33-23)25(30)27-21(15-29)13-19-11-17(19)3/h4-10,12,14-17,19,21,26H,11,13H2,1-3H3,(H,27,30)/t17-,19-,21+,26?,28?,32?/m1/s1. The fourth-order valence-corrected chi connectivity index (χ4v) is 7.63. The van der Waals surface area contributed by atoms with Crippen molar-refractivity contribution in [1.29, 1.82) is 0 Å². The molecule has 0 radical (unpaired) electrons. The summed E-state index contributed by atoms with van der Waals surface area (Å²) in [6, 6.07) is 18.3. The van der Waals surface area contributed by atoms with Crippen LogP contribution in [0.5, 0.6) is 5.75 Å². The lowest BCUT2D eigenvalue weighted by Gasteiger charge is -2.11. The van der Waals surface area contributed by atoms with Crippen molar-refractivity contribution in [2.45, 2.75) is 51.5 Å². The number of aldehydes is 1. The molecular weight excluding hydrogens is 451 g/mol. The van der Waals surface area contributed by atoms with Gasteiger partial charge in [-0.25, -0.2) is 4.67 Å². The molecule has 2 aliphatic rings. The van der Waals surface area contributed by atoms with Crippen LogP contribution in [0.2, 0.25) is 0 Å². The second-order valence-corrected chi connectivity index (χ2v) is 12.2. The van der Waals surface area contributed by atoms with Crippen LogP contribution >= 0.6 is 19.6 Å². The highest BCUT2D eigenvalue weighted by molar-refractivity contribution is 7.57. The highest BCUT2D eigenvalue weighted by atomic mass is 32.1. The molecule has 1 aliphatic heterocycles. The van der Waals surface area contributed by atoms with Crippen molar-refractivity contribution in [2.75, 3.05) is 0 Å². The zero-order valence-corrected chi connectivity index (χ0v) is 20.8. The molecule has 1 N–H and O–H groups in total. The molecule has 6 atom stereocenters. The number of carbonyl (C=O) groups is 2. The zero-order chi connectivity index (χ0) is 23.1. The predicted octanol–water partition coefficient (Wildman–Crippen LogP) is 6.36. The Balaban J connectivity index is 1.31. The van der Waals surface area contributed by atoms with Crippen LogP contribution in [0.15, 0.2) is 54.6 Å². The summed E-state index contributed by atoms with van der Waals surface area (Å²) in [6.45, 7) is 6.58. The number of nitrogens with one attached hydrogen (secondary N) is 1. The molecule has 5 rings (SSSR count). The second-order valence-electron chi connectivity index (χ2n) is 9.39. The molecule has 0 spiro atoms. The van der Waals surface area contributed by atoms with Crippen molar-refractivity contribution in [3.05, 3.63) is 65.0 Å². The average Bonchev–Trinajstić information content (AvgIpc) is 3.65. The number of rotatable bonds is 9. The molecule has 2 fully saturated rings. The summed E-state index contributed by atoms with van der Waals surface area (Å²) in [5, 5.41) is 3.98. The largest absolute Gasteiger partial charge is 0.456 e. The van der Waals surface area contributed by atoms with Crippen molar-refractivity contribution < 1.29 is 14.1 Å². The fourth-order valence-electron chi connectivity index (χ4n) is 4.42. The summed E-state index contributed by atoms with van der Waals surface area (Å²) in [5.74, 6) is 2.21. The van der Waals surface area contributed by atoms with Gasteiger partial charge in [0, 0.05) is 10.7 Å². The number of hydrogen-bond acceptors (Lipinski definition) is 5. The first-order valence-electron chi connectivity index (χ1n) is 11.5. The number of para-hydroxylation sites is 1. The van der Waals surface area contributed by atoms with Gasteiger partial charge in [0.05, 0.1) is 10.9 Å². The van der Waals surface area contributed by atoms with Gasteiger partial charge in [-0.15, -0.1) is 11.3 Å². The van der Waals surface area contributed by atoms with E-state index in [2.05, 4.69) is 49.0 Å². The molecule has 1 amide bonds. The van der Waals surface area contributed by atoms with Crippen LogP contribution in [0.4, 0.5) is 0 Å². The fraction of sp³-hybridized carbons (Fsp3) is 0.385. The maximum atomic E-state index is 12.8. The van der Waals surface area contributed by atoms with Crippen LogP contribution in [0.3, 0.4) is 0 Å². The molecule has 3 aromatic rings. The minimum absolute atomic E-state index is 0.159. The van der Waals surface area contributed by atoms with Gasteiger partial charge >= 0.3 is 0 Å². The third-order valence-electron chi connectivity index (χ3n) is 6.48. The minimum atomic E-state index is -0.732. The topological polar surface area (TPSA) is 58.4 Å². The van der Waals surface area contributed by atoms with Gasteiger partial charge in [0.15, 0.2) is 8.30 Å². The van der Waals surface area contributed by atoms with Gasteiger partial charge in [-0.3, -0.25) is 4.79 Å². The minimum Gasteiger partial charge on any atom is -0.456 e. The van der Waals surface area contributed by atoms with Gasteiger partial charge in [-0.1, -0.05) is 31.2 Å². The van der Waals surface area contributed by atoms with E-state index in [1.54, 1.807) is 0 Å². The Hall–Kier alpha value is -2.27. The first kappa shape index (κ1) is 22.5. The van der Waals surface area contributed by atoms with Crippen LogP contribution in [0, 0.1) is 11.8 Å². The number of nitrogens with zero attached hydrogens (tertiary/aromatic N) is 1. The summed E-state index contributed by atoms with van der Waals surface area (Å²) < 4.78 is 9.81. The van der Waals surface area contributed by atoms with Gasteiger partial charge in [0.2, 0.25) is 0 Å². The number of carbonyl (C=O) groups excluding carboxylic acids is 2. The summed E-state index contributed by atoms with van der Waals surface area (Å²) in [6.07, 6.45) is 2.76. The molecule has 0 bridgehead atoms. The van der Waals surface area contributed by atoms with E-state index in [-0.39, 0.29) is 11.7 Å². The maximum absolute atomic E-state index is 12.8. The van der Waals surface area contributed by atoms with Gasteiger partial charge in [-0.2, -0.15) is 0 Å². The lowest BCUT2D eigenvalue weighted by Crippen LogP contribution is -2.36. The Labute approximate surface area is 200 Å². The second kappa shape index (κ2) is 9.17. The first-order chi connectivity index (χ1) is 15.9. The Morgan fingerprint density at radius 2 is 2.00 bits per heavy atom. The number of amides is 1. The van der Waals surface area contributed by atoms with Crippen LogP contribution in [0.1, 0.15) is 54.6 Å². The van der Waals surface area contributed by atoms with Crippen molar-refractivity contribution in [3.8, 4) is 5.75 Å². The molecule has 1 saturated carbocycles. The van der Waals surface area contributed by atoms with Crippen LogP contribution in [0.25, 0.3) is 10.1 Å². The molecule has 172 valence electrons. The number of thiophene rings is 1. The number of hydrogen-bond donors (Lipinski definition) is 1. The molecule has 7 heteroatoms.